The fraction of sp³-hybridized carbons (Fsp3) is 0.615. The van der Waals surface area contributed by atoms with E-state index < -0.39 is 29.5 Å². The van der Waals surface area contributed by atoms with Crippen LogP contribution in [0.15, 0.2) is 41.9 Å². The van der Waals surface area contributed by atoms with E-state index in [1.807, 2.05) is 4.90 Å². The van der Waals surface area contributed by atoms with Crippen LogP contribution in [0.3, 0.4) is 0 Å². The fourth-order valence-electron chi connectivity index (χ4n) is 5.15. The number of nitrogens with zero attached hydrogens (tertiary/aromatic N) is 4. The summed E-state index contributed by atoms with van der Waals surface area (Å²) in [5.74, 6) is 1.19. The molecule has 0 saturated carbocycles. The number of pyridine rings is 1. The largest absolute Gasteiger partial charge is 0.417 e. The van der Waals surface area contributed by atoms with E-state index in [-0.39, 0.29) is 11.9 Å². The molecule has 2 fully saturated rings. The summed E-state index contributed by atoms with van der Waals surface area (Å²) in [7, 11) is 0. The maximum absolute atomic E-state index is 13.0. The topological polar surface area (TPSA) is 63.7 Å². The van der Waals surface area contributed by atoms with E-state index in [0.717, 1.165) is 44.4 Å². The van der Waals surface area contributed by atoms with Gasteiger partial charge in [-0.25, -0.2) is 4.98 Å². The summed E-state index contributed by atoms with van der Waals surface area (Å²) in [5.41, 5.74) is -1.37. The Morgan fingerprint density at radius 2 is 1.69 bits per heavy atom. The van der Waals surface area contributed by atoms with Gasteiger partial charge in [-0.3, -0.25) is 9.69 Å². The highest BCUT2D eigenvalue weighted by atomic mass is 19.4. The van der Waals surface area contributed by atoms with Crippen molar-refractivity contribution in [3.8, 4) is 0 Å². The van der Waals surface area contributed by atoms with Crippen LogP contribution in [-0.2, 0) is 11.0 Å². The minimum Gasteiger partial charge on any atom is -0.367 e. The summed E-state index contributed by atoms with van der Waals surface area (Å²) in [6.07, 6.45) is -2.75. The zero-order chi connectivity index (χ0) is 28.2. The summed E-state index contributed by atoms with van der Waals surface area (Å²) >= 11 is 0. The molecule has 0 radical (unpaired) electrons. The van der Waals surface area contributed by atoms with E-state index in [4.69, 9.17) is 0 Å². The Bertz CT molecular complexity index is 1040. The first-order valence-electron chi connectivity index (χ1n) is 13.2. The number of nitrogens with one attached hydrogen (secondary N) is 2. The fourth-order valence-corrected chi connectivity index (χ4v) is 5.15. The zero-order valence-corrected chi connectivity index (χ0v) is 21.8. The van der Waals surface area contributed by atoms with E-state index in [1.54, 1.807) is 0 Å². The van der Waals surface area contributed by atoms with Crippen LogP contribution in [0.4, 0.5) is 32.2 Å². The van der Waals surface area contributed by atoms with Crippen LogP contribution in [0.25, 0.3) is 0 Å². The van der Waals surface area contributed by atoms with Crippen LogP contribution in [0.1, 0.15) is 38.2 Å². The Balaban J connectivity index is 1.12. The molecule has 0 spiro atoms. The van der Waals surface area contributed by atoms with Gasteiger partial charge >= 0.3 is 12.4 Å². The molecule has 3 aliphatic heterocycles. The number of alkyl halides is 6. The standard InChI is InChI=1S/C26H34F6N6O/c1-18-21(26(30,31)32)5-7-23(34-18)37-15-13-36(14-16-37)10-2-3-24(39)38-11-8-20(9-12-38)35-22-6-4-19(17-33-22)25(27,28)29/h4-7,17-18,20,34H,2-3,8-16H2,1H3,(H,33,35). The number of allylic oxidation sites excluding steroid dienone is 2. The van der Waals surface area contributed by atoms with Crippen LogP contribution in [-0.4, -0.2) is 89.7 Å². The molecule has 3 aliphatic rings. The molecule has 1 aromatic rings. The number of halogens is 6. The molecule has 2 N–H and O–H groups in total. The lowest BCUT2D eigenvalue weighted by atomic mass is 10.0. The van der Waals surface area contributed by atoms with Gasteiger partial charge in [0.15, 0.2) is 0 Å². The smallest absolute Gasteiger partial charge is 0.367 e. The molecule has 2 saturated heterocycles. The number of aromatic nitrogens is 1. The molecule has 7 nitrogen and oxygen atoms in total. The van der Waals surface area contributed by atoms with Crippen LogP contribution in [0.2, 0.25) is 0 Å². The molecule has 1 amide bonds. The SMILES string of the molecule is CC1NC(N2CCN(CCCC(=O)N3CCC(Nc4ccc(C(F)(F)F)cn4)CC3)CC2)=CC=C1C(F)(F)F. The van der Waals surface area contributed by atoms with Gasteiger partial charge in [-0.05, 0) is 57.0 Å². The lowest BCUT2D eigenvalue weighted by molar-refractivity contribution is -0.137. The van der Waals surface area contributed by atoms with Crippen LogP contribution < -0.4 is 10.6 Å². The van der Waals surface area contributed by atoms with Crippen LogP contribution in [0, 0.1) is 0 Å². The molecule has 1 aromatic heterocycles. The van der Waals surface area contributed by atoms with Crippen molar-refractivity contribution in [1.82, 2.24) is 25.0 Å². The summed E-state index contributed by atoms with van der Waals surface area (Å²) < 4.78 is 77.2. The summed E-state index contributed by atoms with van der Waals surface area (Å²) in [6.45, 7) is 6.39. The van der Waals surface area contributed by atoms with Crippen LogP contribution >= 0.6 is 0 Å². The van der Waals surface area contributed by atoms with Gasteiger partial charge in [-0.2, -0.15) is 26.3 Å². The average molecular weight is 561 g/mol. The second-order valence-corrected chi connectivity index (χ2v) is 10.2. The first-order chi connectivity index (χ1) is 18.4. The molecule has 4 heterocycles. The monoisotopic (exact) mass is 560 g/mol. The number of carbonyl (C=O) groups is 1. The van der Waals surface area contributed by atoms with Crippen molar-refractivity contribution < 1.29 is 31.1 Å². The van der Waals surface area contributed by atoms with Gasteiger partial charge in [0.05, 0.1) is 17.2 Å². The van der Waals surface area contributed by atoms with E-state index in [9.17, 15) is 31.1 Å². The van der Waals surface area contributed by atoms with E-state index in [1.165, 1.54) is 19.1 Å². The van der Waals surface area contributed by atoms with Gasteiger partial charge in [0.2, 0.25) is 5.91 Å². The number of piperidine rings is 1. The summed E-state index contributed by atoms with van der Waals surface area (Å²) in [4.78, 5) is 22.7. The van der Waals surface area contributed by atoms with Gasteiger partial charge in [0.25, 0.3) is 0 Å². The second-order valence-electron chi connectivity index (χ2n) is 10.2. The first kappa shape index (κ1) is 29.0. The molecule has 0 aliphatic carbocycles. The van der Waals surface area contributed by atoms with Gasteiger partial charge < -0.3 is 20.4 Å². The third-order valence-corrected chi connectivity index (χ3v) is 7.45. The number of anilines is 1. The van der Waals surface area contributed by atoms with Crippen LogP contribution in [0.5, 0.6) is 0 Å². The highest BCUT2D eigenvalue weighted by molar-refractivity contribution is 5.76. The third kappa shape index (κ3) is 7.80. The molecule has 4 rings (SSSR count). The van der Waals surface area contributed by atoms with Gasteiger partial charge in [-0.15, -0.1) is 0 Å². The van der Waals surface area contributed by atoms with Crippen molar-refractivity contribution in [2.45, 2.75) is 57.0 Å². The molecular weight excluding hydrogens is 526 g/mol. The molecule has 0 aromatic carbocycles. The first-order valence-corrected chi connectivity index (χ1v) is 13.2. The normalized spacial score (nSPS) is 21.8. The number of piperazine rings is 1. The number of likely N-dealkylation sites (tertiary alicyclic amines) is 1. The highest BCUT2D eigenvalue weighted by Crippen LogP contribution is 2.31. The van der Waals surface area contributed by atoms with E-state index in [0.29, 0.717) is 57.1 Å². The Kier molecular flexibility index (Phi) is 8.97. The third-order valence-electron chi connectivity index (χ3n) is 7.45. The number of rotatable bonds is 7. The van der Waals surface area contributed by atoms with Gasteiger partial charge in [0.1, 0.15) is 11.6 Å². The Hall–Kier alpha value is -2.96. The van der Waals surface area contributed by atoms with Crippen molar-refractivity contribution in [2.75, 3.05) is 51.1 Å². The Morgan fingerprint density at radius 1 is 1.00 bits per heavy atom. The van der Waals surface area contributed by atoms with Crippen molar-refractivity contribution >= 4 is 11.7 Å². The minimum atomic E-state index is -4.42. The molecule has 13 heteroatoms. The molecule has 0 bridgehead atoms. The number of carbonyl (C=O) groups excluding carboxylic acids is 1. The van der Waals surface area contributed by atoms with Crippen molar-refractivity contribution in [3.63, 3.8) is 0 Å². The number of hydrogen-bond acceptors (Lipinski definition) is 6. The summed E-state index contributed by atoms with van der Waals surface area (Å²) in [5, 5.41) is 6.11. The predicted molar refractivity (Wildman–Crippen MR) is 135 cm³/mol. The molecule has 1 unspecified atom stereocenters. The molecule has 216 valence electrons. The average Bonchev–Trinajstić information content (AvgIpc) is 2.88. The maximum Gasteiger partial charge on any atom is 0.417 e. The maximum atomic E-state index is 13.0. The van der Waals surface area contributed by atoms with Gasteiger partial charge in [0, 0.05) is 57.9 Å². The van der Waals surface area contributed by atoms with Crippen molar-refractivity contribution in [3.05, 3.63) is 47.4 Å². The minimum absolute atomic E-state index is 0.0434. The summed E-state index contributed by atoms with van der Waals surface area (Å²) in [6, 6.07) is 1.57. The predicted octanol–water partition coefficient (Wildman–Crippen LogP) is 4.22. The number of dihydropyridines is 1. The second kappa shape index (κ2) is 12.1. The van der Waals surface area contributed by atoms with Crippen molar-refractivity contribution in [1.29, 1.82) is 0 Å². The van der Waals surface area contributed by atoms with Gasteiger partial charge in [-0.1, -0.05) is 0 Å². The van der Waals surface area contributed by atoms with Crippen molar-refractivity contribution in [2.24, 2.45) is 0 Å². The Labute approximate surface area is 223 Å². The quantitative estimate of drug-likeness (QED) is 0.487. The van der Waals surface area contributed by atoms with E-state index in [2.05, 4.69) is 25.4 Å². The Morgan fingerprint density at radius 3 is 2.26 bits per heavy atom. The lowest BCUT2D eigenvalue weighted by Gasteiger charge is -2.39. The molecule has 39 heavy (non-hydrogen) atoms. The molecular formula is C26H34F6N6O. The zero-order valence-electron chi connectivity index (χ0n) is 21.8. The number of amides is 1. The highest BCUT2D eigenvalue weighted by Gasteiger charge is 2.38. The lowest BCUT2D eigenvalue weighted by Crippen LogP contribution is -2.50. The number of hydrogen-bond donors (Lipinski definition) is 2. The molecule has 1 atom stereocenters. The van der Waals surface area contributed by atoms with E-state index >= 15 is 0 Å².